The second kappa shape index (κ2) is 12.5. The molecule has 0 radical (unpaired) electrons. The van der Waals surface area contributed by atoms with Crippen LogP contribution in [0.2, 0.25) is 0 Å². The van der Waals surface area contributed by atoms with Crippen LogP contribution in [0.4, 0.5) is 13.2 Å². The Balaban J connectivity index is 0.00000420. The molecule has 0 amide bonds. The maximum Gasteiger partial charge on any atom is 0.422 e. The van der Waals surface area contributed by atoms with E-state index in [1.165, 1.54) is 0 Å². The van der Waals surface area contributed by atoms with E-state index in [-0.39, 0.29) is 36.3 Å². The fourth-order valence-electron chi connectivity index (χ4n) is 3.10. The molecule has 9 heteroatoms. The molecule has 1 aromatic carbocycles. The summed E-state index contributed by atoms with van der Waals surface area (Å²) in [6, 6.07) is 5.24. The third-order valence-corrected chi connectivity index (χ3v) is 4.76. The third-order valence-electron chi connectivity index (χ3n) is 4.76. The normalized spacial score (nSPS) is 16.3. The van der Waals surface area contributed by atoms with E-state index in [9.17, 15) is 13.2 Å². The minimum Gasteiger partial charge on any atom is -0.484 e. The van der Waals surface area contributed by atoms with Crippen molar-refractivity contribution in [2.75, 3.05) is 39.8 Å². The van der Waals surface area contributed by atoms with E-state index in [1.807, 2.05) is 19.9 Å². The third kappa shape index (κ3) is 9.88. The first-order valence-electron chi connectivity index (χ1n) is 9.76. The van der Waals surface area contributed by atoms with Crippen LogP contribution >= 0.6 is 24.0 Å². The lowest BCUT2D eigenvalue weighted by molar-refractivity contribution is -0.153. The number of halogens is 4. The number of benzene rings is 1. The number of rotatable bonds is 7. The minimum atomic E-state index is -4.37. The molecule has 0 aliphatic carbocycles. The van der Waals surface area contributed by atoms with Gasteiger partial charge < -0.3 is 20.3 Å². The number of hydrogen-bond donors (Lipinski definition) is 2. The molecule has 0 saturated carbocycles. The summed E-state index contributed by atoms with van der Waals surface area (Å²) in [6.07, 6.45) is -2.07. The second-order valence-corrected chi connectivity index (χ2v) is 7.34. The Kier molecular flexibility index (Phi) is 11.1. The number of aliphatic imine (C=N–C) groups is 1. The average molecular weight is 528 g/mol. The molecule has 0 spiro atoms. The first-order chi connectivity index (χ1) is 13.3. The molecule has 29 heavy (non-hydrogen) atoms. The number of nitrogens with zero attached hydrogens (tertiary/aromatic N) is 2. The van der Waals surface area contributed by atoms with Crippen molar-refractivity contribution in [1.82, 2.24) is 15.5 Å². The van der Waals surface area contributed by atoms with Crippen molar-refractivity contribution in [3.63, 3.8) is 0 Å². The number of guanidine groups is 1. The minimum absolute atomic E-state index is 0. The van der Waals surface area contributed by atoms with Crippen LogP contribution in [0.3, 0.4) is 0 Å². The van der Waals surface area contributed by atoms with Crippen molar-refractivity contribution in [2.24, 2.45) is 10.9 Å². The van der Waals surface area contributed by atoms with Gasteiger partial charge in [0.25, 0.3) is 0 Å². The molecular weight excluding hydrogens is 496 g/mol. The summed E-state index contributed by atoms with van der Waals surface area (Å²) in [4.78, 5) is 6.87. The van der Waals surface area contributed by atoms with Crippen LogP contribution in [0.15, 0.2) is 23.2 Å². The highest BCUT2D eigenvalue weighted by atomic mass is 127. The summed E-state index contributed by atoms with van der Waals surface area (Å²) in [5.74, 6) is 1.50. The number of nitrogens with one attached hydrogen (secondary N) is 2. The van der Waals surface area contributed by atoms with Crippen molar-refractivity contribution in [3.05, 3.63) is 29.3 Å². The summed E-state index contributed by atoms with van der Waals surface area (Å²) in [5.41, 5.74) is 1.48. The maximum absolute atomic E-state index is 12.5. The van der Waals surface area contributed by atoms with Gasteiger partial charge in [0.1, 0.15) is 5.75 Å². The number of ether oxygens (including phenoxy) is 1. The van der Waals surface area contributed by atoms with Crippen LogP contribution < -0.4 is 15.4 Å². The first kappa shape index (κ1) is 25.8. The van der Waals surface area contributed by atoms with Crippen molar-refractivity contribution < 1.29 is 17.9 Å². The van der Waals surface area contributed by atoms with E-state index < -0.39 is 12.8 Å². The van der Waals surface area contributed by atoms with Gasteiger partial charge in [0.05, 0.1) is 6.54 Å². The van der Waals surface area contributed by atoms with Crippen LogP contribution in [0.25, 0.3) is 0 Å². The van der Waals surface area contributed by atoms with Gasteiger partial charge in [-0.15, -0.1) is 24.0 Å². The standard InChI is InChI=1S/C20H31F3N4O.HI/c1-4-24-19(25-12-16-7-9-27(3)10-8-16)26-13-17-6-5-15(2)11-18(17)28-14-20(21,22)23;/h5-6,11,16H,4,7-10,12-14H2,1-3H3,(H2,24,25,26);1H. The highest BCUT2D eigenvalue weighted by Crippen LogP contribution is 2.24. The van der Waals surface area contributed by atoms with Gasteiger partial charge in [-0.2, -0.15) is 13.2 Å². The first-order valence-corrected chi connectivity index (χ1v) is 9.76. The fourth-order valence-corrected chi connectivity index (χ4v) is 3.10. The predicted molar refractivity (Wildman–Crippen MR) is 121 cm³/mol. The molecule has 0 aromatic heterocycles. The van der Waals surface area contributed by atoms with Crippen LogP contribution in [-0.2, 0) is 6.54 Å². The van der Waals surface area contributed by atoms with Gasteiger partial charge >= 0.3 is 6.18 Å². The Hall–Kier alpha value is -1.23. The maximum atomic E-state index is 12.5. The molecule has 1 aromatic rings. The lowest BCUT2D eigenvalue weighted by Gasteiger charge is -2.29. The molecule has 0 unspecified atom stereocenters. The smallest absolute Gasteiger partial charge is 0.422 e. The van der Waals surface area contributed by atoms with Gasteiger partial charge in [-0.25, -0.2) is 4.99 Å². The molecule has 0 bridgehead atoms. The largest absolute Gasteiger partial charge is 0.484 e. The molecule has 166 valence electrons. The predicted octanol–water partition coefficient (Wildman–Crippen LogP) is 3.95. The van der Waals surface area contributed by atoms with Crippen molar-refractivity contribution >= 4 is 29.9 Å². The van der Waals surface area contributed by atoms with Gasteiger partial charge in [-0.05, 0) is 64.4 Å². The number of alkyl halides is 3. The Morgan fingerprint density at radius 1 is 1.24 bits per heavy atom. The molecule has 1 aliphatic heterocycles. The van der Waals surface area contributed by atoms with Crippen molar-refractivity contribution in [1.29, 1.82) is 0 Å². The molecule has 1 heterocycles. The van der Waals surface area contributed by atoms with Crippen molar-refractivity contribution in [3.8, 4) is 5.75 Å². The monoisotopic (exact) mass is 528 g/mol. The highest BCUT2D eigenvalue weighted by molar-refractivity contribution is 14.0. The SMILES string of the molecule is CCNC(=NCc1ccc(C)cc1OCC(F)(F)F)NCC1CCN(C)CC1.I. The summed E-state index contributed by atoms with van der Waals surface area (Å²) in [5, 5.41) is 6.56. The topological polar surface area (TPSA) is 48.9 Å². The number of hydrogen-bond acceptors (Lipinski definition) is 3. The Morgan fingerprint density at radius 2 is 1.93 bits per heavy atom. The van der Waals surface area contributed by atoms with Gasteiger partial charge in [0.15, 0.2) is 12.6 Å². The zero-order chi connectivity index (χ0) is 20.6. The van der Waals surface area contributed by atoms with Gasteiger partial charge in [-0.1, -0.05) is 12.1 Å². The lowest BCUT2D eigenvalue weighted by atomic mass is 9.97. The zero-order valence-electron chi connectivity index (χ0n) is 17.3. The van der Waals surface area contributed by atoms with Gasteiger partial charge in [0, 0.05) is 18.7 Å². The van der Waals surface area contributed by atoms with E-state index >= 15 is 0 Å². The summed E-state index contributed by atoms with van der Waals surface area (Å²) in [7, 11) is 2.13. The molecule has 5 nitrogen and oxygen atoms in total. The second-order valence-electron chi connectivity index (χ2n) is 7.34. The van der Waals surface area contributed by atoms with E-state index in [1.54, 1.807) is 12.1 Å². The molecule has 0 atom stereocenters. The number of piperidine rings is 1. The molecule has 2 rings (SSSR count). The van der Waals surface area contributed by atoms with Crippen LogP contribution in [0, 0.1) is 12.8 Å². The zero-order valence-corrected chi connectivity index (χ0v) is 19.6. The molecule has 2 N–H and O–H groups in total. The van der Waals surface area contributed by atoms with E-state index in [4.69, 9.17) is 4.74 Å². The number of likely N-dealkylation sites (tertiary alicyclic amines) is 1. The van der Waals surface area contributed by atoms with E-state index in [2.05, 4.69) is 27.6 Å². The van der Waals surface area contributed by atoms with Gasteiger partial charge in [0.2, 0.25) is 0 Å². The van der Waals surface area contributed by atoms with Crippen LogP contribution in [0.5, 0.6) is 5.75 Å². The fraction of sp³-hybridized carbons (Fsp3) is 0.650. The van der Waals surface area contributed by atoms with E-state index in [0.29, 0.717) is 24.0 Å². The molecule has 1 saturated heterocycles. The molecular formula is C20H32F3IN4O. The summed E-state index contributed by atoms with van der Waals surface area (Å²) >= 11 is 0. The van der Waals surface area contributed by atoms with E-state index in [0.717, 1.165) is 38.0 Å². The highest BCUT2D eigenvalue weighted by Gasteiger charge is 2.28. The van der Waals surface area contributed by atoms with Crippen LogP contribution in [0.1, 0.15) is 30.9 Å². The van der Waals surface area contributed by atoms with Crippen molar-refractivity contribution in [2.45, 2.75) is 39.4 Å². The summed E-state index contributed by atoms with van der Waals surface area (Å²) in [6.45, 7) is 6.50. The Morgan fingerprint density at radius 3 is 2.55 bits per heavy atom. The average Bonchev–Trinajstić information content (AvgIpc) is 2.64. The lowest BCUT2D eigenvalue weighted by Crippen LogP contribution is -2.42. The summed E-state index contributed by atoms with van der Waals surface area (Å²) < 4.78 is 42.5. The molecule has 1 aliphatic rings. The molecule has 1 fully saturated rings. The Bertz CT molecular complexity index is 647. The van der Waals surface area contributed by atoms with Crippen LogP contribution in [-0.4, -0.2) is 56.9 Å². The number of aryl methyl sites for hydroxylation is 1. The Labute approximate surface area is 188 Å². The van der Waals surface area contributed by atoms with Gasteiger partial charge in [-0.3, -0.25) is 0 Å². The quantitative estimate of drug-likeness (QED) is 0.320.